The first-order valence-electron chi connectivity index (χ1n) is 4.38. The van der Waals surface area contributed by atoms with Gasteiger partial charge in [-0.1, -0.05) is 23.8 Å². The van der Waals surface area contributed by atoms with Crippen LogP contribution in [0.1, 0.15) is 6.42 Å². The molecule has 0 aromatic rings. The van der Waals surface area contributed by atoms with Gasteiger partial charge in [0.05, 0.1) is 0 Å². The van der Waals surface area contributed by atoms with Crippen LogP contribution in [-0.2, 0) is 0 Å². The number of hydrogen-bond acceptors (Lipinski definition) is 1. The maximum Gasteiger partial charge on any atom is 0.407 e. The molecule has 0 radical (unpaired) electrons. The Labute approximate surface area is 87.0 Å². The van der Waals surface area contributed by atoms with Gasteiger partial charge in [0, 0.05) is 24.5 Å². The second-order valence-electron chi connectivity index (χ2n) is 3.42. The van der Waals surface area contributed by atoms with Gasteiger partial charge in [-0.25, -0.2) is 4.79 Å². The molecular weight excluding hydrogens is 202 g/mol. The Morgan fingerprint density at radius 1 is 1.50 bits per heavy atom. The summed E-state index contributed by atoms with van der Waals surface area (Å²) in [6, 6.07) is 0. The van der Waals surface area contributed by atoms with Crippen LogP contribution in [0, 0.1) is 0 Å². The van der Waals surface area contributed by atoms with Crippen LogP contribution in [0.25, 0.3) is 0 Å². The predicted molar refractivity (Wildman–Crippen MR) is 54.3 cm³/mol. The highest BCUT2D eigenvalue weighted by Crippen LogP contribution is 2.28. The van der Waals surface area contributed by atoms with Crippen molar-refractivity contribution in [3.8, 4) is 0 Å². The molecule has 0 bridgehead atoms. The number of amides is 1. The van der Waals surface area contributed by atoms with Crippen molar-refractivity contribution in [1.82, 2.24) is 4.90 Å². The lowest BCUT2D eigenvalue weighted by molar-refractivity contribution is 0.156. The molecule has 4 heteroatoms. The molecular formula is C10H10ClNO2. The maximum absolute atomic E-state index is 10.7. The summed E-state index contributed by atoms with van der Waals surface area (Å²) >= 11 is 5.92. The van der Waals surface area contributed by atoms with Gasteiger partial charge in [-0.15, -0.1) is 0 Å². The summed E-state index contributed by atoms with van der Waals surface area (Å²) in [5.41, 5.74) is 2.20. The predicted octanol–water partition coefficient (Wildman–Crippen LogP) is 2.36. The summed E-state index contributed by atoms with van der Waals surface area (Å²) in [6.45, 7) is 0.970. The van der Waals surface area contributed by atoms with E-state index in [1.807, 2.05) is 18.2 Å². The van der Waals surface area contributed by atoms with Gasteiger partial charge in [0.1, 0.15) is 0 Å². The Hall–Kier alpha value is -1.22. The van der Waals surface area contributed by atoms with E-state index in [1.54, 1.807) is 0 Å². The van der Waals surface area contributed by atoms with Gasteiger partial charge < -0.3 is 10.0 Å². The minimum atomic E-state index is -0.869. The van der Waals surface area contributed by atoms with E-state index in [-0.39, 0.29) is 0 Å². The molecule has 1 aliphatic carbocycles. The third-order valence-electron chi connectivity index (χ3n) is 2.42. The summed E-state index contributed by atoms with van der Waals surface area (Å²) in [5.74, 6) is 0. The van der Waals surface area contributed by atoms with Crippen LogP contribution in [0.3, 0.4) is 0 Å². The largest absolute Gasteiger partial charge is 0.465 e. The molecule has 1 N–H and O–H groups in total. The molecule has 0 spiro atoms. The lowest BCUT2D eigenvalue weighted by atomic mass is 10.1. The maximum atomic E-state index is 10.7. The normalized spacial score (nSPS) is 20.6. The molecule has 0 aromatic heterocycles. The molecule has 0 unspecified atom stereocenters. The Balaban J connectivity index is 2.18. The molecule has 0 aromatic carbocycles. The highest BCUT2D eigenvalue weighted by atomic mass is 35.5. The number of nitrogens with zero attached hydrogens (tertiary/aromatic N) is 1. The first-order chi connectivity index (χ1) is 6.66. The van der Waals surface area contributed by atoms with E-state index in [1.165, 1.54) is 4.90 Å². The van der Waals surface area contributed by atoms with E-state index >= 15 is 0 Å². The Kier molecular flexibility index (Phi) is 2.33. The summed E-state index contributed by atoms with van der Waals surface area (Å²) in [7, 11) is 0. The van der Waals surface area contributed by atoms with Gasteiger partial charge in [-0.2, -0.15) is 0 Å². The standard InChI is InChI=1S/C10H10ClNO2/c11-9-3-1-2-7-5-12(10(13)14)6-8(7)4-9/h1-3H,4-6H2,(H,13,14). The fourth-order valence-corrected chi connectivity index (χ4v) is 1.95. The quantitative estimate of drug-likeness (QED) is 0.668. The number of hydrogen-bond donors (Lipinski definition) is 1. The van der Waals surface area contributed by atoms with E-state index in [0.717, 1.165) is 16.2 Å². The van der Waals surface area contributed by atoms with Crippen LogP contribution in [0.15, 0.2) is 34.4 Å². The van der Waals surface area contributed by atoms with Gasteiger partial charge in [0.15, 0.2) is 0 Å². The zero-order valence-electron chi connectivity index (χ0n) is 7.53. The highest BCUT2D eigenvalue weighted by Gasteiger charge is 2.24. The third-order valence-corrected chi connectivity index (χ3v) is 2.68. The first kappa shape index (κ1) is 9.34. The second kappa shape index (κ2) is 3.50. The van der Waals surface area contributed by atoms with Crippen LogP contribution in [-0.4, -0.2) is 29.2 Å². The number of carboxylic acid groups (broad SMARTS) is 1. The van der Waals surface area contributed by atoms with E-state index in [0.29, 0.717) is 19.5 Å². The van der Waals surface area contributed by atoms with Gasteiger partial charge in [-0.05, 0) is 17.2 Å². The smallest absolute Gasteiger partial charge is 0.407 e. The van der Waals surface area contributed by atoms with Crippen molar-refractivity contribution in [2.24, 2.45) is 0 Å². The van der Waals surface area contributed by atoms with Crippen molar-refractivity contribution in [2.45, 2.75) is 6.42 Å². The fourth-order valence-electron chi connectivity index (χ4n) is 1.71. The van der Waals surface area contributed by atoms with Gasteiger partial charge >= 0.3 is 6.09 Å². The first-order valence-corrected chi connectivity index (χ1v) is 4.76. The van der Waals surface area contributed by atoms with Crippen LogP contribution >= 0.6 is 11.6 Å². The molecule has 14 heavy (non-hydrogen) atoms. The molecule has 2 aliphatic rings. The van der Waals surface area contributed by atoms with Crippen molar-refractivity contribution in [2.75, 3.05) is 13.1 Å². The molecule has 0 saturated heterocycles. The van der Waals surface area contributed by atoms with Gasteiger partial charge in [-0.3, -0.25) is 0 Å². The van der Waals surface area contributed by atoms with Gasteiger partial charge in [0.25, 0.3) is 0 Å². The summed E-state index contributed by atoms with van der Waals surface area (Å²) in [5, 5.41) is 9.59. The molecule has 3 nitrogen and oxygen atoms in total. The molecule has 74 valence electrons. The minimum Gasteiger partial charge on any atom is -0.465 e. The fraction of sp³-hybridized carbons (Fsp3) is 0.300. The van der Waals surface area contributed by atoms with Crippen LogP contribution in [0.4, 0.5) is 4.79 Å². The lowest BCUT2D eigenvalue weighted by Gasteiger charge is -2.11. The van der Waals surface area contributed by atoms with Crippen LogP contribution in [0.2, 0.25) is 0 Å². The topological polar surface area (TPSA) is 40.5 Å². The van der Waals surface area contributed by atoms with Crippen LogP contribution < -0.4 is 0 Å². The van der Waals surface area contributed by atoms with Crippen molar-refractivity contribution >= 4 is 17.7 Å². The Bertz CT molecular complexity index is 368. The van der Waals surface area contributed by atoms with Crippen molar-refractivity contribution in [3.63, 3.8) is 0 Å². The third kappa shape index (κ3) is 1.68. The molecule has 1 amide bonds. The van der Waals surface area contributed by atoms with E-state index < -0.39 is 6.09 Å². The SMILES string of the molecule is O=C(O)N1CC2=C(CC(Cl)=CC=C2)C1. The molecule has 0 saturated carbocycles. The van der Waals surface area contributed by atoms with Gasteiger partial charge in [0.2, 0.25) is 0 Å². The van der Waals surface area contributed by atoms with E-state index in [2.05, 4.69) is 0 Å². The zero-order valence-corrected chi connectivity index (χ0v) is 8.29. The summed E-state index contributed by atoms with van der Waals surface area (Å²) in [4.78, 5) is 12.1. The molecule has 1 heterocycles. The molecule has 2 rings (SSSR count). The average Bonchev–Trinajstić information content (AvgIpc) is 2.42. The summed E-state index contributed by atoms with van der Waals surface area (Å²) in [6.07, 6.45) is 5.47. The minimum absolute atomic E-state index is 0.485. The highest BCUT2D eigenvalue weighted by molar-refractivity contribution is 6.29. The molecule has 1 aliphatic heterocycles. The molecule has 0 fully saturated rings. The monoisotopic (exact) mass is 211 g/mol. The summed E-state index contributed by atoms with van der Waals surface area (Å²) < 4.78 is 0. The number of rotatable bonds is 0. The van der Waals surface area contributed by atoms with Crippen molar-refractivity contribution in [3.05, 3.63) is 34.4 Å². The average molecular weight is 212 g/mol. The lowest BCUT2D eigenvalue weighted by Crippen LogP contribution is -2.27. The second-order valence-corrected chi connectivity index (χ2v) is 3.90. The van der Waals surface area contributed by atoms with E-state index in [9.17, 15) is 4.79 Å². The molecule has 0 atom stereocenters. The zero-order chi connectivity index (χ0) is 10.1. The van der Waals surface area contributed by atoms with Crippen molar-refractivity contribution in [1.29, 1.82) is 0 Å². The van der Waals surface area contributed by atoms with E-state index in [4.69, 9.17) is 16.7 Å². The number of halogens is 1. The van der Waals surface area contributed by atoms with Crippen LogP contribution in [0.5, 0.6) is 0 Å². The Morgan fingerprint density at radius 3 is 3.00 bits per heavy atom. The van der Waals surface area contributed by atoms with Crippen molar-refractivity contribution < 1.29 is 9.90 Å². The number of carbonyl (C=O) groups is 1. The number of allylic oxidation sites excluding steroid dienone is 3. The Morgan fingerprint density at radius 2 is 2.29 bits per heavy atom.